The van der Waals surface area contributed by atoms with E-state index < -0.39 is 5.60 Å². The van der Waals surface area contributed by atoms with Crippen molar-refractivity contribution < 1.29 is 14.3 Å². The minimum atomic E-state index is -1.11. The van der Waals surface area contributed by atoms with Crippen molar-refractivity contribution in [2.24, 2.45) is 5.73 Å². The zero-order chi connectivity index (χ0) is 30.6. The summed E-state index contributed by atoms with van der Waals surface area (Å²) in [6, 6.07) is 10.3. The lowest BCUT2D eigenvalue weighted by Crippen LogP contribution is -2.47. The number of H-pyrrole nitrogens is 1. The second-order valence-electron chi connectivity index (χ2n) is 10.5. The molecule has 224 valence electrons. The quantitative estimate of drug-likeness (QED) is 0.186. The van der Waals surface area contributed by atoms with E-state index in [1.807, 2.05) is 26.0 Å². The molecule has 2 aromatic heterocycles. The Balaban J connectivity index is 1.57. The van der Waals surface area contributed by atoms with Gasteiger partial charge in [0.05, 0.1) is 29.0 Å². The molecular formula is C29H33Cl3N6O4. The molecule has 0 radical (unpaired) electrons. The summed E-state index contributed by atoms with van der Waals surface area (Å²) < 4.78 is 12.7. The second kappa shape index (κ2) is 13.4. The van der Waals surface area contributed by atoms with Crippen molar-refractivity contribution in [3.63, 3.8) is 0 Å². The average Bonchev–Trinajstić information content (AvgIpc) is 3.29. The zero-order valence-corrected chi connectivity index (χ0v) is 26.0. The topological polar surface area (TPSA) is 137 Å². The first kappa shape index (κ1) is 31.8. The van der Waals surface area contributed by atoms with E-state index in [1.165, 1.54) is 4.68 Å². The third kappa shape index (κ3) is 7.25. The first-order valence-electron chi connectivity index (χ1n) is 13.4. The van der Waals surface area contributed by atoms with Gasteiger partial charge in [-0.1, -0.05) is 60.8 Å². The fourth-order valence-electron chi connectivity index (χ4n) is 4.32. The number of aromatic nitrogens is 4. The molecule has 0 saturated heterocycles. The van der Waals surface area contributed by atoms with E-state index >= 15 is 0 Å². The molecule has 0 bridgehead atoms. The molecule has 0 atom stereocenters. The number of ether oxygens (including phenoxy) is 2. The highest BCUT2D eigenvalue weighted by atomic mass is 35.5. The van der Waals surface area contributed by atoms with Gasteiger partial charge in [0.15, 0.2) is 11.2 Å². The van der Waals surface area contributed by atoms with Gasteiger partial charge in [0.1, 0.15) is 22.6 Å². The Morgan fingerprint density at radius 1 is 1.12 bits per heavy atom. The Morgan fingerprint density at radius 3 is 2.40 bits per heavy atom. The van der Waals surface area contributed by atoms with Crippen molar-refractivity contribution in [2.75, 3.05) is 26.3 Å². The zero-order valence-electron chi connectivity index (χ0n) is 23.8. The van der Waals surface area contributed by atoms with E-state index in [0.29, 0.717) is 71.7 Å². The first-order chi connectivity index (χ1) is 19.9. The minimum absolute atomic E-state index is 0.0595. The summed E-state index contributed by atoms with van der Waals surface area (Å²) in [6.07, 6.45) is 0.322. The summed E-state index contributed by atoms with van der Waals surface area (Å²) in [4.78, 5) is 33.5. The van der Waals surface area contributed by atoms with Crippen molar-refractivity contribution >= 4 is 51.7 Å². The smallest absolute Gasteiger partial charge is 0.263 e. The Kier molecular flexibility index (Phi) is 10.2. The number of rotatable bonds is 12. The normalized spacial score (nSPS) is 11.8. The van der Waals surface area contributed by atoms with Crippen LogP contribution < -0.4 is 21.3 Å². The molecule has 1 amide bonds. The predicted octanol–water partition coefficient (Wildman–Crippen LogP) is 5.03. The molecule has 4 rings (SSSR count). The van der Waals surface area contributed by atoms with Crippen molar-refractivity contribution in [1.29, 1.82) is 0 Å². The fraction of sp³-hybridized carbons (Fsp3) is 0.379. The lowest BCUT2D eigenvalue weighted by atomic mass is 10.1. The summed E-state index contributed by atoms with van der Waals surface area (Å²) in [5.41, 5.74) is 6.14. The number of carbonyl (C=O) groups excluding carboxylic acids is 1. The van der Waals surface area contributed by atoms with E-state index in [9.17, 15) is 9.59 Å². The van der Waals surface area contributed by atoms with Gasteiger partial charge in [0.25, 0.3) is 11.5 Å². The summed E-state index contributed by atoms with van der Waals surface area (Å²) in [5.74, 6) is 0.615. The highest BCUT2D eigenvalue weighted by Gasteiger charge is 2.29. The van der Waals surface area contributed by atoms with Gasteiger partial charge in [-0.2, -0.15) is 5.10 Å². The summed E-state index contributed by atoms with van der Waals surface area (Å²) in [6.45, 7) is 8.85. The number of hydrogen-bond donors (Lipinski definition) is 3. The SMILES string of the molecule is CC(C)c1nn(-c2c(Cl)cc(Cl)cc2Cl)c2nc(Cc3ccc(OC(C)(C)C(=O)NCCOCCN)cc3)[nH]c(=O)c12. The van der Waals surface area contributed by atoms with Crippen LogP contribution >= 0.6 is 34.8 Å². The van der Waals surface area contributed by atoms with E-state index in [2.05, 4.69) is 15.4 Å². The predicted molar refractivity (Wildman–Crippen MR) is 165 cm³/mol. The minimum Gasteiger partial charge on any atom is -0.478 e. The molecule has 42 heavy (non-hydrogen) atoms. The summed E-state index contributed by atoms with van der Waals surface area (Å²) >= 11 is 19.1. The fourth-order valence-corrected chi connectivity index (χ4v) is 5.30. The Bertz CT molecular complexity index is 1610. The molecule has 4 aromatic rings. The Morgan fingerprint density at radius 2 is 1.79 bits per heavy atom. The number of carbonyl (C=O) groups is 1. The van der Waals surface area contributed by atoms with Gasteiger partial charge in [0.2, 0.25) is 0 Å². The molecular weight excluding hydrogens is 603 g/mol. The number of hydrogen-bond acceptors (Lipinski definition) is 7. The van der Waals surface area contributed by atoms with Crippen LogP contribution in [0.15, 0.2) is 41.2 Å². The maximum absolute atomic E-state index is 13.3. The molecule has 0 aliphatic heterocycles. The number of aromatic amines is 1. The van der Waals surface area contributed by atoms with Gasteiger partial charge >= 0.3 is 0 Å². The Hall–Kier alpha value is -3.15. The lowest BCUT2D eigenvalue weighted by Gasteiger charge is -2.25. The number of nitrogens with two attached hydrogens (primary N) is 1. The van der Waals surface area contributed by atoms with Crippen LogP contribution in [0.3, 0.4) is 0 Å². The molecule has 0 aliphatic rings. The van der Waals surface area contributed by atoms with Crippen LogP contribution in [-0.2, 0) is 16.0 Å². The molecule has 0 unspecified atom stereocenters. The maximum Gasteiger partial charge on any atom is 0.263 e. The monoisotopic (exact) mass is 634 g/mol. The third-order valence-corrected chi connectivity index (χ3v) is 7.16. The highest BCUT2D eigenvalue weighted by Crippen LogP contribution is 2.34. The number of halogens is 3. The molecule has 0 fully saturated rings. The maximum atomic E-state index is 13.3. The number of fused-ring (bicyclic) bond motifs is 1. The molecule has 4 N–H and O–H groups in total. The van der Waals surface area contributed by atoms with Crippen LogP contribution in [-0.4, -0.2) is 57.6 Å². The van der Waals surface area contributed by atoms with Gasteiger partial charge in [-0.05, 0) is 49.6 Å². The summed E-state index contributed by atoms with van der Waals surface area (Å²) in [5, 5.41) is 8.78. The molecule has 10 nitrogen and oxygen atoms in total. The van der Waals surface area contributed by atoms with E-state index in [1.54, 1.807) is 38.1 Å². The molecule has 0 aliphatic carbocycles. The van der Waals surface area contributed by atoms with Crippen LogP contribution in [0.5, 0.6) is 5.75 Å². The average molecular weight is 636 g/mol. The van der Waals surface area contributed by atoms with Gasteiger partial charge in [-0.25, -0.2) is 9.67 Å². The van der Waals surface area contributed by atoms with Crippen LogP contribution in [0, 0.1) is 0 Å². The van der Waals surface area contributed by atoms with Crippen LogP contribution in [0.2, 0.25) is 15.1 Å². The largest absolute Gasteiger partial charge is 0.478 e. The molecule has 2 aromatic carbocycles. The van der Waals surface area contributed by atoms with E-state index in [-0.39, 0.29) is 27.4 Å². The van der Waals surface area contributed by atoms with Crippen molar-refractivity contribution in [1.82, 2.24) is 25.1 Å². The molecule has 13 heteroatoms. The molecule has 0 spiro atoms. The van der Waals surface area contributed by atoms with Gasteiger partial charge in [-0.3, -0.25) is 9.59 Å². The second-order valence-corrected chi connectivity index (χ2v) is 11.7. The van der Waals surface area contributed by atoms with Gasteiger partial charge in [-0.15, -0.1) is 0 Å². The van der Waals surface area contributed by atoms with Crippen molar-refractivity contribution in [3.05, 3.63) is 78.9 Å². The van der Waals surface area contributed by atoms with Crippen LogP contribution in [0.25, 0.3) is 16.7 Å². The van der Waals surface area contributed by atoms with Crippen LogP contribution in [0.1, 0.15) is 50.7 Å². The van der Waals surface area contributed by atoms with Gasteiger partial charge < -0.3 is 25.5 Å². The van der Waals surface area contributed by atoms with Crippen LogP contribution in [0.4, 0.5) is 0 Å². The van der Waals surface area contributed by atoms with Gasteiger partial charge in [0, 0.05) is 24.5 Å². The van der Waals surface area contributed by atoms with Crippen molar-refractivity contribution in [3.8, 4) is 11.4 Å². The summed E-state index contributed by atoms with van der Waals surface area (Å²) in [7, 11) is 0. The standard InChI is InChI=1S/C29H33Cl3N6O4/c1-16(2)24-23-26(38(37-24)25-20(31)14-18(30)15-21(25)32)35-22(36-27(23)39)13-17-5-7-19(8-6-17)42-29(3,4)28(40)34-10-12-41-11-9-33/h5-8,14-16H,9-13,33H2,1-4H3,(H,34,40)(H,35,36,39). The first-order valence-corrected chi connectivity index (χ1v) is 14.6. The van der Waals surface area contributed by atoms with Crippen molar-refractivity contribution in [2.45, 2.75) is 45.6 Å². The lowest BCUT2D eigenvalue weighted by molar-refractivity contribution is -0.134. The third-order valence-electron chi connectivity index (χ3n) is 6.36. The number of benzene rings is 2. The molecule has 2 heterocycles. The number of nitrogens with zero attached hydrogens (tertiary/aromatic N) is 3. The highest BCUT2D eigenvalue weighted by molar-refractivity contribution is 6.40. The number of amides is 1. The van der Waals surface area contributed by atoms with E-state index in [0.717, 1.165) is 5.56 Å². The van der Waals surface area contributed by atoms with E-state index in [4.69, 9.17) is 55.0 Å². The Labute approximate surface area is 258 Å². The number of nitrogens with one attached hydrogen (secondary N) is 2. The molecule has 0 saturated carbocycles.